The van der Waals surface area contributed by atoms with Gasteiger partial charge in [-0.1, -0.05) is 29.8 Å². The van der Waals surface area contributed by atoms with Gasteiger partial charge in [-0.3, -0.25) is 4.72 Å². The van der Waals surface area contributed by atoms with Crippen molar-refractivity contribution in [3.8, 4) is 0 Å². The predicted octanol–water partition coefficient (Wildman–Crippen LogP) is 3.17. The van der Waals surface area contributed by atoms with E-state index in [4.69, 9.17) is 17.3 Å². The third-order valence-electron chi connectivity index (χ3n) is 2.72. The molecule has 0 aliphatic heterocycles. The van der Waals surface area contributed by atoms with E-state index in [2.05, 4.69) is 4.72 Å². The Morgan fingerprint density at radius 2 is 1.85 bits per heavy atom. The van der Waals surface area contributed by atoms with E-state index < -0.39 is 15.8 Å². The van der Waals surface area contributed by atoms with E-state index in [-0.39, 0.29) is 21.3 Å². The summed E-state index contributed by atoms with van der Waals surface area (Å²) < 4.78 is 40.5. The Morgan fingerprint density at radius 1 is 1.20 bits per heavy atom. The Hall–Kier alpha value is -1.79. The number of sulfonamides is 1. The summed E-state index contributed by atoms with van der Waals surface area (Å²) >= 11 is 5.87. The van der Waals surface area contributed by atoms with Gasteiger partial charge in [-0.15, -0.1) is 0 Å². The molecule has 0 saturated heterocycles. The van der Waals surface area contributed by atoms with Gasteiger partial charge in [-0.05, 0) is 30.7 Å². The Labute approximate surface area is 121 Å². The number of halogens is 2. The average Bonchev–Trinajstić information content (AvgIpc) is 2.33. The van der Waals surface area contributed by atoms with Crippen molar-refractivity contribution in [2.24, 2.45) is 0 Å². The standard InChI is InChI=1S/C13H12ClFN2O2S/c1-8-4-2-6-10(15)12(8)17-20(18,19)13-9(14)5-3-7-11(13)16/h2-7,17H,16H2,1H3. The SMILES string of the molecule is Cc1cccc(F)c1NS(=O)(=O)c1c(N)cccc1Cl. The summed E-state index contributed by atoms with van der Waals surface area (Å²) in [4.78, 5) is -0.260. The van der Waals surface area contributed by atoms with Gasteiger partial charge in [0.05, 0.1) is 16.4 Å². The fourth-order valence-corrected chi connectivity index (χ4v) is 3.57. The third kappa shape index (κ3) is 2.71. The second-order valence-corrected chi connectivity index (χ2v) is 6.22. The number of aryl methyl sites for hydroxylation is 1. The zero-order valence-corrected chi connectivity index (χ0v) is 12.1. The number of hydrogen-bond donors (Lipinski definition) is 2. The van der Waals surface area contributed by atoms with Crippen LogP contribution >= 0.6 is 11.6 Å². The van der Waals surface area contributed by atoms with Crippen LogP contribution in [0.1, 0.15) is 5.56 Å². The van der Waals surface area contributed by atoms with Gasteiger partial charge in [0.2, 0.25) is 0 Å². The molecule has 0 aromatic heterocycles. The summed E-state index contributed by atoms with van der Waals surface area (Å²) in [6, 6.07) is 8.60. The third-order valence-corrected chi connectivity index (χ3v) is 4.62. The fourth-order valence-electron chi connectivity index (χ4n) is 1.76. The quantitative estimate of drug-likeness (QED) is 0.855. The minimum atomic E-state index is -4.07. The van der Waals surface area contributed by atoms with Crippen LogP contribution in [0.4, 0.5) is 15.8 Å². The molecule has 4 nitrogen and oxygen atoms in total. The molecule has 7 heteroatoms. The minimum absolute atomic E-state index is 0.000933. The number of anilines is 2. The first-order valence-electron chi connectivity index (χ1n) is 5.65. The molecule has 0 radical (unpaired) electrons. The lowest BCUT2D eigenvalue weighted by Crippen LogP contribution is -2.17. The van der Waals surface area contributed by atoms with Gasteiger partial charge in [0.15, 0.2) is 0 Å². The summed E-state index contributed by atoms with van der Waals surface area (Å²) in [5.74, 6) is -0.667. The number of nitrogen functional groups attached to an aromatic ring is 1. The molecule has 106 valence electrons. The molecule has 2 aromatic carbocycles. The Kier molecular flexibility index (Phi) is 3.87. The normalized spacial score (nSPS) is 11.3. The monoisotopic (exact) mass is 314 g/mol. The zero-order valence-electron chi connectivity index (χ0n) is 10.5. The summed E-state index contributed by atoms with van der Waals surface area (Å²) in [5, 5.41) is -0.0218. The number of hydrogen-bond acceptors (Lipinski definition) is 3. The molecule has 0 bridgehead atoms. The van der Waals surface area contributed by atoms with Crippen LogP contribution in [0.5, 0.6) is 0 Å². The van der Waals surface area contributed by atoms with Crippen molar-refractivity contribution in [2.75, 3.05) is 10.5 Å². The van der Waals surface area contributed by atoms with E-state index in [1.165, 1.54) is 30.3 Å². The van der Waals surface area contributed by atoms with Gasteiger partial charge < -0.3 is 5.73 Å². The first kappa shape index (κ1) is 14.6. The summed E-state index contributed by atoms with van der Waals surface area (Å²) in [7, 11) is -4.07. The molecule has 2 aromatic rings. The maximum Gasteiger partial charge on any atom is 0.265 e. The molecule has 0 aliphatic carbocycles. The highest BCUT2D eigenvalue weighted by Crippen LogP contribution is 2.30. The molecular formula is C13H12ClFN2O2S. The summed E-state index contributed by atoms with van der Waals surface area (Å²) in [5.41, 5.74) is 5.98. The van der Waals surface area contributed by atoms with Crippen LogP contribution < -0.4 is 10.5 Å². The van der Waals surface area contributed by atoms with E-state index in [1.807, 2.05) is 0 Å². The lowest BCUT2D eigenvalue weighted by Gasteiger charge is -2.13. The molecule has 0 aliphatic rings. The Morgan fingerprint density at radius 3 is 2.45 bits per heavy atom. The molecule has 0 fully saturated rings. The van der Waals surface area contributed by atoms with Gasteiger partial charge in [0.25, 0.3) is 10.0 Å². The zero-order chi connectivity index (χ0) is 14.9. The number of benzene rings is 2. The molecule has 0 amide bonds. The number of para-hydroxylation sites is 1. The van der Waals surface area contributed by atoms with Crippen molar-refractivity contribution < 1.29 is 12.8 Å². The van der Waals surface area contributed by atoms with Gasteiger partial charge >= 0.3 is 0 Å². The molecule has 3 N–H and O–H groups in total. The van der Waals surface area contributed by atoms with Gasteiger partial charge in [-0.2, -0.15) is 0 Å². The van der Waals surface area contributed by atoms with Crippen LogP contribution in [-0.2, 0) is 10.0 Å². The number of nitrogens with one attached hydrogen (secondary N) is 1. The predicted molar refractivity (Wildman–Crippen MR) is 77.8 cm³/mol. The lowest BCUT2D eigenvalue weighted by atomic mass is 10.2. The molecule has 0 atom stereocenters. The molecular weight excluding hydrogens is 303 g/mol. The molecule has 0 heterocycles. The highest BCUT2D eigenvalue weighted by molar-refractivity contribution is 7.93. The smallest absolute Gasteiger partial charge is 0.265 e. The molecule has 0 saturated carbocycles. The van der Waals surface area contributed by atoms with Gasteiger partial charge in [0, 0.05) is 0 Å². The highest BCUT2D eigenvalue weighted by Gasteiger charge is 2.23. The first-order chi connectivity index (χ1) is 9.33. The van der Waals surface area contributed by atoms with Crippen LogP contribution in [0.2, 0.25) is 5.02 Å². The van der Waals surface area contributed by atoms with Crippen LogP contribution in [0.3, 0.4) is 0 Å². The van der Waals surface area contributed by atoms with Crippen molar-refractivity contribution in [3.63, 3.8) is 0 Å². The van der Waals surface area contributed by atoms with Crippen LogP contribution in [-0.4, -0.2) is 8.42 Å². The van der Waals surface area contributed by atoms with Crippen molar-refractivity contribution in [2.45, 2.75) is 11.8 Å². The minimum Gasteiger partial charge on any atom is -0.398 e. The molecule has 0 unspecified atom stereocenters. The van der Waals surface area contributed by atoms with Crippen LogP contribution in [0, 0.1) is 12.7 Å². The van der Waals surface area contributed by atoms with Crippen molar-refractivity contribution >= 4 is 33.0 Å². The molecule has 20 heavy (non-hydrogen) atoms. The molecule has 2 rings (SSSR count). The van der Waals surface area contributed by atoms with Gasteiger partial charge in [0.1, 0.15) is 10.7 Å². The van der Waals surface area contributed by atoms with E-state index >= 15 is 0 Å². The van der Waals surface area contributed by atoms with Crippen molar-refractivity contribution in [1.82, 2.24) is 0 Å². The molecule has 0 spiro atoms. The topological polar surface area (TPSA) is 72.2 Å². The second-order valence-electron chi connectivity index (χ2n) is 4.20. The van der Waals surface area contributed by atoms with E-state index in [0.717, 1.165) is 0 Å². The van der Waals surface area contributed by atoms with Crippen molar-refractivity contribution in [1.29, 1.82) is 0 Å². The number of nitrogens with two attached hydrogens (primary N) is 1. The first-order valence-corrected chi connectivity index (χ1v) is 7.51. The number of rotatable bonds is 3. The Bertz CT molecular complexity index is 722. The maximum absolute atomic E-state index is 13.7. The van der Waals surface area contributed by atoms with Gasteiger partial charge in [-0.25, -0.2) is 12.8 Å². The maximum atomic E-state index is 13.7. The van der Waals surface area contributed by atoms with Crippen LogP contribution in [0.25, 0.3) is 0 Å². The van der Waals surface area contributed by atoms with E-state index in [9.17, 15) is 12.8 Å². The lowest BCUT2D eigenvalue weighted by molar-refractivity contribution is 0.598. The second kappa shape index (κ2) is 5.30. The largest absolute Gasteiger partial charge is 0.398 e. The average molecular weight is 315 g/mol. The van der Waals surface area contributed by atoms with E-state index in [0.29, 0.717) is 5.56 Å². The highest BCUT2D eigenvalue weighted by atomic mass is 35.5. The summed E-state index contributed by atoms with van der Waals surface area (Å²) in [6.07, 6.45) is 0. The van der Waals surface area contributed by atoms with Crippen LogP contribution in [0.15, 0.2) is 41.3 Å². The van der Waals surface area contributed by atoms with E-state index in [1.54, 1.807) is 13.0 Å². The van der Waals surface area contributed by atoms with Crippen molar-refractivity contribution in [3.05, 3.63) is 52.8 Å². The fraction of sp³-hybridized carbons (Fsp3) is 0.0769. The summed E-state index contributed by atoms with van der Waals surface area (Å²) in [6.45, 7) is 1.59. The Balaban J connectivity index is 2.53.